The molecule has 0 amide bonds. The summed E-state index contributed by atoms with van der Waals surface area (Å²) in [5, 5.41) is 35.1. The zero-order valence-electron chi connectivity index (χ0n) is 74.5. The molecule has 0 bridgehead atoms. The van der Waals surface area contributed by atoms with Crippen LogP contribution in [0.3, 0.4) is 0 Å². The molecule has 0 aliphatic carbocycles. The Balaban J connectivity index is 0.000000104. The van der Waals surface area contributed by atoms with Gasteiger partial charge in [-0.1, -0.05) is 425 Å². The maximum absolute atomic E-state index is 5.34. The maximum Gasteiger partial charge on any atom is 0.146 e. The number of hydrogen-bond acceptors (Lipinski definition) is 3. The fourth-order valence-electron chi connectivity index (χ4n) is 22.4. The van der Waals surface area contributed by atoms with Gasteiger partial charge in [0.25, 0.3) is 0 Å². The van der Waals surface area contributed by atoms with Crippen molar-refractivity contribution in [1.29, 1.82) is 0 Å². The zero-order valence-corrected chi connectivity index (χ0v) is 74.5. The second-order valence-corrected chi connectivity index (χ2v) is 35.7. The molecule has 0 N–H and O–H groups in total. The molecular weight excluding hydrogens is 1660 g/mol. The number of aromatic nitrogens is 6. The van der Waals surface area contributed by atoms with Crippen LogP contribution in [0.4, 0.5) is 0 Å². The van der Waals surface area contributed by atoms with Gasteiger partial charge in [-0.2, -0.15) is 0 Å². The molecule has 0 saturated carbocycles. The van der Waals surface area contributed by atoms with E-state index in [-0.39, 0.29) is 0 Å². The van der Waals surface area contributed by atoms with Gasteiger partial charge in [-0.25, -0.2) is 15.0 Å². The van der Waals surface area contributed by atoms with Crippen molar-refractivity contribution in [2.75, 3.05) is 0 Å². The molecule has 6 nitrogen and oxygen atoms in total. The third-order valence-corrected chi connectivity index (χ3v) is 28.3. The van der Waals surface area contributed by atoms with Crippen molar-refractivity contribution in [3.8, 4) is 84.6 Å². The lowest BCUT2D eigenvalue weighted by atomic mass is 9.84. The summed E-state index contributed by atoms with van der Waals surface area (Å²) in [5.41, 5.74) is 20.5. The molecule has 0 fully saturated rings. The van der Waals surface area contributed by atoms with Crippen molar-refractivity contribution in [2.45, 2.75) is 0 Å². The van der Waals surface area contributed by atoms with Gasteiger partial charge < -0.3 is 0 Å². The fraction of sp³-hybridized carbons (Fsp3) is 0. The van der Waals surface area contributed by atoms with Crippen LogP contribution in [-0.2, 0) is 0 Å². The van der Waals surface area contributed by atoms with Crippen molar-refractivity contribution in [3.05, 3.63) is 497 Å². The third kappa shape index (κ3) is 12.8. The van der Waals surface area contributed by atoms with Crippen molar-refractivity contribution >= 4 is 184 Å². The Bertz CT molecular complexity index is 9880. The highest BCUT2D eigenvalue weighted by Gasteiger charge is 2.28. The Morgan fingerprint density at radius 1 is 0.153 bits per heavy atom. The average Bonchev–Trinajstić information content (AvgIpc) is 1.04. The minimum Gasteiger partial charge on any atom is -0.292 e. The van der Waals surface area contributed by atoms with Gasteiger partial charge >= 0.3 is 0 Å². The molecule has 0 spiro atoms. The summed E-state index contributed by atoms with van der Waals surface area (Å²) >= 11 is 0. The summed E-state index contributed by atoms with van der Waals surface area (Å²) in [7, 11) is 0. The minimum atomic E-state index is 0.942. The monoisotopic (exact) mass is 1740 g/mol. The fourth-order valence-corrected chi connectivity index (χ4v) is 22.4. The SMILES string of the molecule is c1ccc(-c2nc3ccccc3n2-c2c3ccccc3c(-c3cc4ccc5ccccc5c4c4ccccc34)c3ccccc23)cc1.c1ccc(-c2nc3ccccc3n2-c2ccc(-c3cc4ccc5ccccc5c4c4ccccc34)c3ccccc23)cc1.c1ccc(-n2c(-c3c4ccccc4c(-c4cc5ccc6ccccc6c5c5ccccc45)c4ccccc34)nc3ccccc32)cc1. The smallest absolute Gasteiger partial charge is 0.146 e. The first-order chi connectivity index (χ1) is 68.0. The molecule has 3 aromatic heterocycles. The molecule has 0 atom stereocenters. The molecule has 0 aliphatic heterocycles. The van der Waals surface area contributed by atoms with Gasteiger partial charge in [-0.05, 0) is 241 Å². The van der Waals surface area contributed by atoms with E-state index in [0.717, 1.165) is 84.3 Å². The number of benzene rings is 26. The molecule has 0 aliphatic rings. The normalized spacial score (nSPS) is 11.8. The van der Waals surface area contributed by atoms with E-state index in [2.05, 4.69) is 511 Å². The van der Waals surface area contributed by atoms with E-state index >= 15 is 0 Å². The number of hydrogen-bond donors (Lipinski definition) is 0. The summed E-state index contributed by atoms with van der Waals surface area (Å²) in [6.45, 7) is 0. The Morgan fingerprint density at radius 3 is 0.854 bits per heavy atom. The third-order valence-electron chi connectivity index (χ3n) is 28.3. The average molecular weight is 1740 g/mol. The minimum absolute atomic E-state index is 0.942. The Hall–Kier alpha value is -18.2. The first kappa shape index (κ1) is 78.6. The summed E-state index contributed by atoms with van der Waals surface area (Å²) in [4.78, 5) is 15.7. The summed E-state index contributed by atoms with van der Waals surface area (Å²) in [5.74, 6) is 2.84. The predicted molar refractivity (Wildman–Crippen MR) is 581 cm³/mol. The van der Waals surface area contributed by atoms with Crippen LogP contribution in [0.2, 0.25) is 0 Å². The quantitative estimate of drug-likeness (QED) is 0.107. The van der Waals surface area contributed by atoms with E-state index in [1.165, 1.54) is 184 Å². The van der Waals surface area contributed by atoms with E-state index in [9.17, 15) is 0 Å². The standard InChI is InChI=1S/2C45H28N2.C41H26N2/c1-2-15-31(16-3-1)47-41-25-13-12-24-40(41)46-45(47)44-37-22-10-8-20-35(37)43(36-21-9-11-23-38(36)44)39-28-30-27-26-29-14-4-5-17-32(29)42(30)34-19-7-6-18-33(34)39;1-2-15-30(16-3-1)45-46-40-24-12-13-25-41(40)47(45)44-37-22-10-8-20-35(37)43(36-21-9-11-23-38(36)44)39-28-31-27-26-29-14-4-5-17-32(29)42(31)34-19-7-6-18-33(34)39;1-2-13-28(14-3-1)41-42-37-20-10-11-21-39(37)43(41)38-25-24-33(31-16-6-8-18-34(31)38)36-26-29-23-22-27-12-4-5-15-30(27)40(29)35-19-9-7-17-32(35)36/h2*1-28H;1-26H. The zero-order chi connectivity index (χ0) is 90.1. The molecular formula is C131H82N6. The van der Waals surface area contributed by atoms with E-state index < -0.39 is 0 Å². The van der Waals surface area contributed by atoms with Crippen molar-refractivity contribution in [2.24, 2.45) is 0 Å². The van der Waals surface area contributed by atoms with E-state index in [1.807, 2.05) is 0 Å². The summed E-state index contributed by atoms with van der Waals surface area (Å²) < 4.78 is 7.02. The number of nitrogens with zero attached hydrogens (tertiary/aromatic N) is 6. The van der Waals surface area contributed by atoms with E-state index in [0.29, 0.717) is 0 Å². The number of imidazole rings is 3. The number of para-hydroxylation sites is 7. The largest absolute Gasteiger partial charge is 0.292 e. The molecule has 0 unspecified atom stereocenters. The molecule has 0 radical (unpaired) electrons. The van der Waals surface area contributed by atoms with Crippen molar-refractivity contribution < 1.29 is 0 Å². The summed E-state index contributed by atoms with van der Waals surface area (Å²) in [6.07, 6.45) is 0. The van der Waals surface area contributed by atoms with Gasteiger partial charge in [0.15, 0.2) is 0 Å². The first-order valence-corrected chi connectivity index (χ1v) is 47.0. The first-order valence-electron chi connectivity index (χ1n) is 47.0. The van der Waals surface area contributed by atoms with Gasteiger partial charge in [-0.3, -0.25) is 13.7 Å². The number of rotatable bonds is 9. The Kier molecular flexibility index (Phi) is 18.6. The van der Waals surface area contributed by atoms with Crippen molar-refractivity contribution in [3.63, 3.8) is 0 Å². The van der Waals surface area contributed by atoms with Gasteiger partial charge in [-0.15, -0.1) is 0 Å². The molecule has 137 heavy (non-hydrogen) atoms. The second kappa shape index (κ2) is 32.4. The number of fused-ring (bicyclic) bond motifs is 23. The topological polar surface area (TPSA) is 53.5 Å². The lowest BCUT2D eigenvalue weighted by Crippen LogP contribution is -2.01. The van der Waals surface area contributed by atoms with E-state index in [4.69, 9.17) is 15.0 Å². The maximum atomic E-state index is 5.34. The lowest BCUT2D eigenvalue weighted by Gasteiger charge is -2.21. The van der Waals surface area contributed by atoms with Crippen LogP contribution in [0.25, 0.3) is 269 Å². The van der Waals surface area contributed by atoms with Crippen LogP contribution in [0.15, 0.2) is 497 Å². The van der Waals surface area contributed by atoms with Crippen LogP contribution < -0.4 is 0 Å². The highest BCUT2D eigenvalue weighted by atomic mass is 15.1. The highest BCUT2D eigenvalue weighted by molar-refractivity contribution is 6.32. The van der Waals surface area contributed by atoms with Gasteiger partial charge in [0.1, 0.15) is 17.5 Å². The van der Waals surface area contributed by atoms with Crippen LogP contribution in [-0.4, -0.2) is 28.7 Å². The Morgan fingerprint density at radius 2 is 0.431 bits per heavy atom. The molecule has 29 rings (SSSR count). The van der Waals surface area contributed by atoms with Crippen LogP contribution in [0, 0.1) is 0 Å². The van der Waals surface area contributed by atoms with Crippen LogP contribution >= 0.6 is 0 Å². The van der Waals surface area contributed by atoms with Gasteiger partial charge in [0.2, 0.25) is 0 Å². The Labute approximate surface area is 789 Å². The highest BCUT2D eigenvalue weighted by Crippen LogP contribution is 2.52. The van der Waals surface area contributed by atoms with Gasteiger partial charge in [0, 0.05) is 38.5 Å². The molecule has 636 valence electrons. The second-order valence-electron chi connectivity index (χ2n) is 35.7. The van der Waals surface area contributed by atoms with E-state index in [1.54, 1.807) is 0 Å². The molecule has 26 aromatic carbocycles. The molecule has 0 saturated heterocycles. The predicted octanol–water partition coefficient (Wildman–Crippen LogP) is 35.2. The van der Waals surface area contributed by atoms with Gasteiger partial charge in [0.05, 0.1) is 44.5 Å². The molecule has 29 aromatic rings. The van der Waals surface area contributed by atoms with Crippen LogP contribution in [0.1, 0.15) is 0 Å². The summed E-state index contributed by atoms with van der Waals surface area (Å²) in [6, 6.07) is 180. The molecule has 6 heteroatoms. The molecule has 3 heterocycles. The lowest BCUT2D eigenvalue weighted by molar-refractivity contribution is 1.11. The van der Waals surface area contributed by atoms with Crippen molar-refractivity contribution in [1.82, 2.24) is 28.7 Å². The van der Waals surface area contributed by atoms with Crippen LogP contribution in [0.5, 0.6) is 0 Å².